The maximum atomic E-state index is 12.1. The zero-order chi connectivity index (χ0) is 13.1. The van der Waals surface area contributed by atoms with Crippen LogP contribution in [0.2, 0.25) is 5.02 Å². The van der Waals surface area contributed by atoms with Crippen LogP contribution in [0.25, 0.3) is 0 Å². The van der Waals surface area contributed by atoms with Crippen molar-refractivity contribution in [2.45, 2.75) is 19.8 Å². The zero-order valence-corrected chi connectivity index (χ0v) is 11.6. The number of rotatable bonds is 2. The van der Waals surface area contributed by atoms with E-state index >= 15 is 0 Å². The Hall–Kier alpha value is -1.06. The molecule has 0 spiro atoms. The third-order valence-corrected chi connectivity index (χ3v) is 3.84. The van der Waals surface area contributed by atoms with Crippen molar-refractivity contribution in [2.75, 3.05) is 25.5 Å². The van der Waals surface area contributed by atoms with Gasteiger partial charge in [0.15, 0.2) is 0 Å². The summed E-state index contributed by atoms with van der Waals surface area (Å²) in [4.78, 5) is 14.3. The van der Waals surface area contributed by atoms with Crippen LogP contribution in [-0.4, -0.2) is 30.9 Å². The number of hydrogen-bond acceptors (Lipinski definition) is 2. The van der Waals surface area contributed by atoms with E-state index in [0.717, 1.165) is 37.2 Å². The molecule has 1 atom stereocenters. The van der Waals surface area contributed by atoms with Crippen molar-refractivity contribution in [1.82, 2.24) is 4.90 Å². The van der Waals surface area contributed by atoms with Gasteiger partial charge in [-0.15, -0.1) is 0 Å². The molecule has 2 rings (SSSR count). The Kier molecular flexibility index (Phi) is 4.25. The highest BCUT2D eigenvalue weighted by Gasteiger charge is 2.23. The fraction of sp³-hybridized carbons (Fsp3) is 0.500. The number of piperidine rings is 1. The highest BCUT2D eigenvalue weighted by atomic mass is 35.5. The van der Waals surface area contributed by atoms with Crippen LogP contribution in [0.3, 0.4) is 0 Å². The third kappa shape index (κ3) is 3.24. The molecule has 0 aromatic heterocycles. The standard InChI is InChI=1S/C14H19ClN2O/c1-10-5-6-12(8-13(10)15)16-14(18)11-4-3-7-17(2)9-11/h5-6,8,11H,3-4,7,9H2,1-2H3,(H,16,18)/t11-/m1/s1. The molecular weight excluding hydrogens is 248 g/mol. The second-order valence-corrected chi connectivity index (χ2v) is 5.46. The molecule has 4 heteroatoms. The molecule has 1 aliphatic rings. The van der Waals surface area contributed by atoms with Gasteiger partial charge in [-0.1, -0.05) is 17.7 Å². The Morgan fingerprint density at radius 1 is 1.50 bits per heavy atom. The monoisotopic (exact) mass is 266 g/mol. The summed E-state index contributed by atoms with van der Waals surface area (Å²) in [6, 6.07) is 5.62. The predicted octanol–water partition coefficient (Wildman–Crippen LogP) is 2.93. The van der Waals surface area contributed by atoms with Crippen molar-refractivity contribution in [2.24, 2.45) is 5.92 Å². The van der Waals surface area contributed by atoms with Crippen LogP contribution in [0.1, 0.15) is 18.4 Å². The number of carbonyl (C=O) groups is 1. The molecule has 0 radical (unpaired) electrons. The van der Waals surface area contributed by atoms with Crippen LogP contribution < -0.4 is 5.32 Å². The van der Waals surface area contributed by atoms with Crippen LogP contribution in [0.4, 0.5) is 5.69 Å². The van der Waals surface area contributed by atoms with Gasteiger partial charge < -0.3 is 10.2 Å². The van der Waals surface area contributed by atoms with Crippen LogP contribution in [-0.2, 0) is 4.79 Å². The number of carbonyl (C=O) groups excluding carboxylic acids is 1. The maximum absolute atomic E-state index is 12.1. The van der Waals surface area contributed by atoms with Crippen molar-refractivity contribution in [3.63, 3.8) is 0 Å². The molecule has 0 unspecified atom stereocenters. The van der Waals surface area contributed by atoms with Crippen LogP contribution in [0, 0.1) is 12.8 Å². The quantitative estimate of drug-likeness (QED) is 0.893. The van der Waals surface area contributed by atoms with Crippen LogP contribution in [0.5, 0.6) is 0 Å². The average molecular weight is 267 g/mol. The smallest absolute Gasteiger partial charge is 0.228 e. The summed E-state index contributed by atoms with van der Waals surface area (Å²) in [5.74, 6) is 0.185. The molecule has 1 heterocycles. The van der Waals surface area contributed by atoms with Crippen LogP contribution >= 0.6 is 11.6 Å². The molecule has 1 N–H and O–H groups in total. The zero-order valence-electron chi connectivity index (χ0n) is 10.9. The Balaban J connectivity index is 2.00. The molecule has 1 aromatic carbocycles. The second-order valence-electron chi connectivity index (χ2n) is 5.05. The number of anilines is 1. The van der Waals surface area contributed by atoms with E-state index in [1.807, 2.05) is 19.1 Å². The number of likely N-dealkylation sites (tertiary alicyclic amines) is 1. The first-order valence-electron chi connectivity index (χ1n) is 6.32. The van der Waals surface area contributed by atoms with Crippen molar-refractivity contribution < 1.29 is 4.79 Å². The molecule has 1 amide bonds. The van der Waals surface area contributed by atoms with Gasteiger partial charge in [-0.05, 0) is 51.1 Å². The number of halogens is 1. The molecule has 1 aromatic rings. The lowest BCUT2D eigenvalue weighted by atomic mass is 9.97. The second kappa shape index (κ2) is 5.72. The molecule has 0 bridgehead atoms. The maximum Gasteiger partial charge on any atom is 0.228 e. The topological polar surface area (TPSA) is 32.3 Å². The lowest BCUT2D eigenvalue weighted by Gasteiger charge is -2.28. The van der Waals surface area contributed by atoms with E-state index in [-0.39, 0.29) is 11.8 Å². The summed E-state index contributed by atoms with van der Waals surface area (Å²) >= 11 is 6.05. The van der Waals surface area contributed by atoms with E-state index in [2.05, 4.69) is 17.3 Å². The van der Waals surface area contributed by atoms with E-state index in [9.17, 15) is 4.79 Å². The van der Waals surface area contributed by atoms with Gasteiger partial charge in [0, 0.05) is 17.3 Å². The summed E-state index contributed by atoms with van der Waals surface area (Å²) in [6.45, 7) is 3.87. The van der Waals surface area contributed by atoms with Crippen molar-refractivity contribution >= 4 is 23.2 Å². The van der Waals surface area contributed by atoms with Gasteiger partial charge in [0.05, 0.1) is 5.92 Å². The van der Waals surface area contributed by atoms with E-state index in [1.54, 1.807) is 6.07 Å². The van der Waals surface area contributed by atoms with E-state index in [1.165, 1.54) is 0 Å². The number of nitrogens with zero attached hydrogens (tertiary/aromatic N) is 1. The van der Waals surface area contributed by atoms with Crippen LogP contribution in [0.15, 0.2) is 18.2 Å². The Morgan fingerprint density at radius 2 is 2.28 bits per heavy atom. The first-order valence-corrected chi connectivity index (χ1v) is 6.69. The first kappa shape index (κ1) is 13.4. The Bertz CT molecular complexity index is 447. The van der Waals surface area contributed by atoms with Gasteiger partial charge in [0.25, 0.3) is 0 Å². The highest BCUT2D eigenvalue weighted by molar-refractivity contribution is 6.31. The highest BCUT2D eigenvalue weighted by Crippen LogP contribution is 2.22. The first-order chi connectivity index (χ1) is 8.56. The summed E-state index contributed by atoms with van der Waals surface area (Å²) in [6.07, 6.45) is 2.05. The number of aryl methyl sites for hydroxylation is 1. The minimum absolute atomic E-state index is 0.0869. The minimum atomic E-state index is 0.0869. The fourth-order valence-corrected chi connectivity index (χ4v) is 2.48. The molecule has 0 saturated carbocycles. The van der Waals surface area contributed by atoms with Gasteiger partial charge in [-0.2, -0.15) is 0 Å². The molecule has 1 aliphatic heterocycles. The largest absolute Gasteiger partial charge is 0.326 e. The van der Waals surface area contributed by atoms with Crippen molar-refractivity contribution in [3.8, 4) is 0 Å². The lowest BCUT2D eigenvalue weighted by molar-refractivity contribution is -0.121. The predicted molar refractivity (Wildman–Crippen MR) is 75.0 cm³/mol. The Labute approximate surface area is 113 Å². The molecule has 98 valence electrons. The number of nitrogens with one attached hydrogen (secondary N) is 1. The summed E-state index contributed by atoms with van der Waals surface area (Å²) in [5.41, 5.74) is 1.80. The fourth-order valence-electron chi connectivity index (χ4n) is 2.30. The van der Waals surface area contributed by atoms with Gasteiger partial charge >= 0.3 is 0 Å². The number of amides is 1. The van der Waals surface area contributed by atoms with Crippen molar-refractivity contribution in [1.29, 1.82) is 0 Å². The van der Waals surface area contributed by atoms with Crippen molar-refractivity contribution in [3.05, 3.63) is 28.8 Å². The van der Waals surface area contributed by atoms with E-state index < -0.39 is 0 Å². The lowest BCUT2D eigenvalue weighted by Crippen LogP contribution is -2.38. The SMILES string of the molecule is Cc1ccc(NC(=O)[C@@H]2CCCN(C)C2)cc1Cl. The normalized spacial score (nSPS) is 20.7. The Morgan fingerprint density at radius 3 is 2.94 bits per heavy atom. The molecule has 1 fully saturated rings. The summed E-state index contributed by atoms with van der Waals surface area (Å²) in [7, 11) is 2.06. The molecule has 1 saturated heterocycles. The van der Waals surface area contributed by atoms with Gasteiger partial charge in [0.2, 0.25) is 5.91 Å². The third-order valence-electron chi connectivity index (χ3n) is 3.43. The number of benzene rings is 1. The molecule has 0 aliphatic carbocycles. The van der Waals surface area contributed by atoms with E-state index in [4.69, 9.17) is 11.6 Å². The van der Waals surface area contributed by atoms with E-state index in [0.29, 0.717) is 5.02 Å². The van der Waals surface area contributed by atoms with Gasteiger partial charge in [-0.3, -0.25) is 4.79 Å². The van der Waals surface area contributed by atoms with Gasteiger partial charge in [0.1, 0.15) is 0 Å². The average Bonchev–Trinajstić information content (AvgIpc) is 2.34. The minimum Gasteiger partial charge on any atom is -0.326 e. The molecule has 3 nitrogen and oxygen atoms in total. The summed E-state index contributed by atoms with van der Waals surface area (Å²) in [5, 5.41) is 3.64. The summed E-state index contributed by atoms with van der Waals surface area (Å²) < 4.78 is 0. The number of hydrogen-bond donors (Lipinski definition) is 1. The van der Waals surface area contributed by atoms with Gasteiger partial charge in [-0.25, -0.2) is 0 Å². The molecule has 18 heavy (non-hydrogen) atoms. The molecular formula is C14H19ClN2O.